The Morgan fingerprint density at radius 1 is 1.29 bits per heavy atom. The summed E-state index contributed by atoms with van der Waals surface area (Å²) in [5, 5.41) is 0. The second-order valence-electron chi connectivity index (χ2n) is 3.89. The Kier molecular flexibility index (Phi) is 7.48. The summed E-state index contributed by atoms with van der Waals surface area (Å²) < 4.78 is 5.13. The van der Waals surface area contributed by atoms with Crippen molar-refractivity contribution in [2.45, 2.75) is 65.0 Å². The molecule has 0 rings (SSSR count). The van der Waals surface area contributed by atoms with E-state index in [1.165, 1.54) is 19.3 Å². The second kappa shape index (κ2) is 7.80. The Bertz CT molecular complexity index is 157. The van der Waals surface area contributed by atoms with Gasteiger partial charge in [0.25, 0.3) is 0 Å². The highest BCUT2D eigenvalue weighted by Gasteiger charge is 2.12. The van der Waals surface area contributed by atoms with Crippen molar-refractivity contribution in [3.8, 4) is 0 Å². The number of rotatable bonds is 7. The molecule has 0 saturated carbocycles. The minimum atomic E-state index is -0.506. The van der Waals surface area contributed by atoms with Gasteiger partial charge in [-0.3, -0.25) is 4.79 Å². The topological polar surface area (TPSA) is 52.3 Å². The zero-order valence-corrected chi connectivity index (χ0v) is 9.58. The molecule has 3 nitrogen and oxygen atoms in total. The molecule has 0 heterocycles. The lowest BCUT2D eigenvalue weighted by molar-refractivity contribution is -0.149. The first-order valence-corrected chi connectivity index (χ1v) is 5.54. The maximum Gasteiger partial charge on any atom is 0.322 e. The van der Waals surface area contributed by atoms with Crippen molar-refractivity contribution >= 4 is 5.97 Å². The molecular weight excluding hydrogens is 178 g/mol. The molecule has 0 aliphatic rings. The molecule has 1 unspecified atom stereocenters. The smallest absolute Gasteiger partial charge is 0.322 e. The molecule has 0 spiro atoms. The third-order valence-electron chi connectivity index (χ3n) is 2.15. The van der Waals surface area contributed by atoms with Gasteiger partial charge < -0.3 is 10.5 Å². The van der Waals surface area contributed by atoms with Crippen molar-refractivity contribution < 1.29 is 9.53 Å². The van der Waals surface area contributed by atoms with E-state index >= 15 is 0 Å². The van der Waals surface area contributed by atoms with Gasteiger partial charge in [0.15, 0.2) is 0 Å². The van der Waals surface area contributed by atoms with Crippen LogP contribution >= 0.6 is 0 Å². The van der Waals surface area contributed by atoms with E-state index in [0.717, 1.165) is 12.8 Å². The first-order valence-electron chi connectivity index (χ1n) is 5.54. The standard InChI is InChI=1S/C11H23NO2/c1-4-5-6-7-8-9(2)14-11(13)10(3)12/h9-10H,4-8,12H2,1-3H3/t9?,10-/m1/s1. The van der Waals surface area contributed by atoms with Crippen LogP contribution in [0.1, 0.15) is 52.9 Å². The summed E-state index contributed by atoms with van der Waals surface area (Å²) in [6, 6.07) is -0.506. The van der Waals surface area contributed by atoms with Gasteiger partial charge in [0.05, 0.1) is 6.10 Å². The predicted octanol–water partition coefficient (Wildman–Crippen LogP) is 2.24. The van der Waals surface area contributed by atoms with Crippen LogP contribution in [0.4, 0.5) is 0 Å². The van der Waals surface area contributed by atoms with E-state index in [1.807, 2.05) is 6.92 Å². The zero-order chi connectivity index (χ0) is 11.0. The number of esters is 1. The number of ether oxygens (including phenoxy) is 1. The SMILES string of the molecule is CCCCCCC(C)OC(=O)[C@@H](C)N. The summed E-state index contributed by atoms with van der Waals surface area (Å²) in [7, 11) is 0. The van der Waals surface area contributed by atoms with Crippen LogP contribution in [0.25, 0.3) is 0 Å². The van der Waals surface area contributed by atoms with E-state index in [9.17, 15) is 4.79 Å². The Labute approximate surface area is 87.0 Å². The summed E-state index contributed by atoms with van der Waals surface area (Å²) in [6.07, 6.45) is 5.78. The third kappa shape index (κ3) is 6.89. The Morgan fingerprint density at radius 3 is 2.43 bits per heavy atom. The van der Waals surface area contributed by atoms with Gasteiger partial charge >= 0.3 is 5.97 Å². The number of carbonyl (C=O) groups excluding carboxylic acids is 1. The summed E-state index contributed by atoms with van der Waals surface area (Å²) >= 11 is 0. The molecule has 0 aliphatic heterocycles. The molecular formula is C11H23NO2. The van der Waals surface area contributed by atoms with E-state index in [4.69, 9.17) is 10.5 Å². The molecule has 0 bridgehead atoms. The molecule has 84 valence electrons. The monoisotopic (exact) mass is 201 g/mol. The average Bonchev–Trinajstić information content (AvgIpc) is 2.12. The molecule has 0 saturated heterocycles. The largest absolute Gasteiger partial charge is 0.462 e. The number of nitrogens with two attached hydrogens (primary N) is 1. The van der Waals surface area contributed by atoms with Crippen molar-refractivity contribution in [2.75, 3.05) is 0 Å². The highest BCUT2D eigenvalue weighted by Crippen LogP contribution is 2.08. The fourth-order valence-electron chi connectivity index (χ4n) is 1.22. The molecule has 0 aromatic carbocycles. The number of carbonyl (C=O) groups is 1. The molecule has 0 fully saturated rings. The summed E-state index contributed by atoms with van der Waals surface area (Å²) in [5.74, 6) is -0.298. The molecule has 2 N–H and O–H groups in total. The van der Waals surface area contributed by atoms with E-state index < -0.39 is 6.04 Å². The molecule has 3 heteroatoms. The van der Waals surface area contributed by atoms with Crippen molar-refractivity contribution in [3.63, 3.8) is 0 Å². The average molecular weight is 201 g/mol. The molecule has 0 aromatic rings. The van der Waals surface area contributed by atoms with E-state index in [2.05, 4.69) is 6.92 Å². The van der Waals surface area contributed by atoms with E-state index in [0.29, 0.717) is 0 Å². The first kappa shape index (κ1) is 13.4. The summed E-state index contributed by atoms with van der Waals surface area (Å²) in [5.41, 5.74) is 5.39. The van der Waals surface area contributed by atoms with Gasteiger partial charge in [-0.25, -0.2) is 0 Å². The number of hydrogen-bond acceptors (Lipinski definition) is 3. The molecule has 0 amide bonds. The van der Waals surface area contributed by atoms with Crippen molar-refractivity contribution in [1.82, 2.24) is 0 Å². The fraction of sp³-hybridized carbons (Fsp3) is 0.909. The van der Waals surface area contributed by atoms with Crippen LogP contribution in [0.15, 0.2) is 0 Å². The van der Waals surface area contributed by atoms with Crippen LogP contribution in [0, 0.1) is 0 Å². The van der Waals surface area contributed by atoms with Gasteiger partial charge in [0.1, 0.15) is 6.04 Å². The van der Waals surface area contributed by atoms with Gasteiger partial charge in [-0.15, -0.1) is 0 Å². The van der Waals surface area contributed by atoms with Crippen LogP contribution in [-0.4, -0.2) is 18.1 Å². The van der Waals surface area contributed by atoms with Crippen molar-refractivity contribution in [3.05, 3.63) is 0 Å². The summed E-state index contributed by atoms with van der Waals surface area (Å²) in [4.78, 5) is 11.1. The Hall–Kier alpha value is -0.570. The van der Waals surface area contributed by atoms with E-state index in [1.54, 1.807) is 6.92 Å². The fourth-order valence-corrected chi connectivity index (χ4v) is 1.22. The van der Waals surface area contributed by atoms with Gasteiger partial charge in [0.2, 0.25) is 0 Å². The molecule has 14 heavy (non-hydrogen) atoms. The van der Waals surface area contributed by atoms with Crippen LogP contribution in [0.2, 0.25) is 0 Å². The van der Waals surface area contributed by atoms with Gasteiger partial charge in [-0.1, -0.05) is 26.2 Å². The van der Waals surface area contributed by atoms with Gasteiger partial charge in [0, 0.05) is 0 Å². The molecule has 2 atom stereocenters. The normalized spacial score (nSPS) is 14.9. The van der Waals surface area contributed by atoms with Crippen LogP contribution in [0.3, 0.4) is 0 Å². The zero-order valence-electron chi connectivity index (χ0n) is 9.58. The highest BCUT2D eigenvalue weighted by atomic mass is 16.5. The van der Waals surface area contributed by atoms with Gasteiger partial charge in [-0.2, -0.15) is 0 Å². The van der Waals surface area contributed by atoms with Crippen LogP contribution < -0.4 is 5.73 Å². The van der Waals surface area contributed by atoms with Crippen LogP contribution in [0.5, 0.6) is 0 Å². The maximum atomic E-state index is 11.1. The highest BCUT2D eigenvalue weighted by molar-refractivity contribution is 5.75. The first-order chi connectivity index (χ1) is 6.57. The predicted molar refractivity (Wildman–Crippen MR) is 58.0 cm³/mol. The van der Waals surface area contributed by atoms with Crippen molar-refractivity contribution in [1.29, 1.82) is 0 Å². The van der Waals surface area contributed by atoms with E-state index in [-0.39, 0.29) is 12.1 Å². The minimum Gasteiger partial charge on any atom is -0.462 e. The quantitative estimate of drug-likeness (QED) is 0.507. The molecule has 0 aromatic heterocycles. The number of unbranched alkanes of at least 4 members (excludes halogenated alkanes) is 3. The number of hydrogen-bond donors (Lipinski definition) is 1. The molecule has 0 aliphatic carbocycles. The molecule has 0 radical (unpaired) electrons. The second-order valence-corrected chi connectivity index (χ2v) is 3.89. The summed E-state index contributed by atoms with van der Waals surface area (Å²) in [6.45, 7) is 5.75. The Balaban J connectivity index is 3.45. The lowest BCUT2D eigenvalue weighted by Crippen LogP contribution is -2.31. The lowest BCUT2D eigenvalue weighted by Gasteiger charge is -2.14. The van der Waals surface area contributed by atoms with Crippen LogP contribution in [-0.2, 0) is 9.53 Å². The maximum absolute atomic E-state index is 11.1. The third-order valence-corrected chi connectivity index (χ3v) is 2.15. The van der Waals surface area contributed by atoms with Gasteiger partial charge in [-0.05, 0) is 26.7 Å². The van der Waals surface area contributed by atoms with Crippen molar-refractivity contribution in [2.24, 2.45) is 5.73 Å². The lowest BCUT2D eigenvalue weighted by atomic mass is 10.1. The minimum absolute atomic E-state index is 0.00496. The Morgan fingerprint density at radius 2 is 1.93 bits per heavy atom.